The standard InChI is InChI=1S/C15H14N2O2/c1-17-13-8-7-11(9-12(13)14(16)15(17)18)19-10-5-3-2-4-6-10/h2-9,14H,16H2,1H3. The van der Waals surface area contributed by atoms with Crippen molar-refractivity contribution in [2.24, 2.45) is 5.73 Å². The number of hydrogen-bond acceptors (Lipinski definition) is 3. The monoisotopic (exact) mass is 254 g/mol. The molecule has 0 saturated carbocycles. The van der Waals surface area contributed by atoms with Crippen molar-refractivity contribution in [3.05, 3.63) is 54.1 Å². The van der Waals surface area contributed by atoms with E-state index in [1.807, 2.05) is 48.5 Å². The zero-order valence-electron chi connectivity index (χ0n) is 10.5. The van der Waals surface area contributed by atoms with Crippen LogP contribution < -0.4 is 15.4 Å². The molecule has 1 aliphatic heterocycles. The van der Waals surface area contributed by atoms with E-state index in [1.54, 1.807) is 11.9 Å². The summed E-state index contributed by atoms with van der Waals surface area (Å²) >= 11 is 0. The number of fused-ring (bicyclic) bond motifs is 1. The first-order valence-corrected chi connectivity index (χ1v) is 6.07. The van der Waals surface area contributed by atoms with Crippen molar-refractivity contribution in [1.29, 1.82) is 0 Å². The Balaban J connectivity index is 1.93. The number of likely N-dealkylation sites (N-methyl/N-ethyl adjacent to an activating group) is 1. The summed E-state index contributed by atoms with van der Waals surface area (Å²) in [5.74, 6) is 1.35. The Kier molecular flexibility index (Phi) is 2.72. The second-order valence-electron chi connectivity index (χ2n) is 4.51. The van der Waals surface area contributed by atoms with Gasteiger partial charge in [-0.25, -0.2) is 0 Å². The van der Waals surface area contributed by atoms with Crippen molar-refractivity contribution in [3.63, 3.8) is 0 Å². The van der Waals surface area contributed by atoms with Crippen LogP contribution in [0.25, 0.3) is 0 Å². The maximum absolute atomic E-state index is 11.8. The highest BCUT2D eigenvalue weighted by Crippen LogP contribution is 2.36. The summed E-state index contributed by atoms with van der Waals surface area (Å²) in [5.41, 5.74) is 7.55. The van der Waals surface area contributed by atoms with E-state index < -0.39 is 6.04 Å². The van der Waals surface area contributed by atoms with Gasteiger partial charge in [-0.2, -0.15) is 0 Å². The number of ether oxygens (including phenoxy) is 1. The molecule has 4 nitrogen and oxygen atoms in total. The average molecular weight is 254 g/mol. The van der Waals surface area contributed by atoms with Crippen LogP contribution in [-0.4, -0.2) is 13.0 Å². The lowest BCUT2D eigenvalue weighted by Gasteiger charge is -2.10. The molecule has 0 aromatic heterocycles. The lowest BCUT2D eigenvalue weighted by molar-refractivity contribution is -0.118. The minimum Gasteiger partial charge on any atom is -0.457 e. The number of carbonyl (C=O) groups is 1. The topological polar surface area (TPSA) is 55.6 Å². The van der Waals surface area contributed by atoms with Gasteiger partial charge in [0.05, 0.1) is 0 Å². The zero-order chi connectivity index (χ0) is 13.4. The molecular formula is C15H14N2O2. The number of carbonyl (C=O) groups excluding carboxylic acids is 1. The van der Waals surface area contributed by atoms with Gasteiger partial charge in [0.25, 0.3) is 0 Å². The van der Waals surface area contributed by atoms with Crippen molar-refractivity contribution in [3.8, 4) is 11.5 Å². The van der Waals surface area contributed by atoms with Gasteiger partial charge in [-0.05, 0) is 30.3 Å². The minimum atomic E-state index is -0.598. The van der Waals surface area contributed by atoms with Crippen LogP contribution in [0.2, 0.25) is 0 Å². The lowest BCUT2D eigenvalue weighted by Crippen LogP contribution is -2.27. The van der Waals surface area contributed by atoms with Gasteiger partial charge in [0.15, 0.2) is 0 Å². The van der Waals surface area contributed by atoms with E-state index in [4.69, 9.17) is 10.5 Å². The van der Waals surface area contributed by atoms with Crippen molar-refractivity contribution < 1.29 is 9.53 Å². The molecule has 0 spiro atoms. The van der Waals surface area contributed by atoms with E-state index in [-0.39, 0.29) is 5.91 Å². The minimum absolute atomic E-state index is 0.0909. The van der Waals surface area contributed by atoms with Crippen LogP contribution in [0.4, 0.5) is 5.69 Å². The van der Waals surface area contributed by atoms with Crippen LogP contribution in [0.1, 0.15) is 11.6 Å². The molecule has 1 amide bonds. The van der Waals surface area contributed by atoms with Crippen molar-refractivity contribution in [1.82, 2.24) is 0 Å². The highest BCUT2D eigenvalue weighted by atomic mass is 16.5. The number of benzene rings is 2. The lowest BCUT2D eigenvalue weighted by atomic mass is 10.1. The van der Waals surface area contributed by atoms with Crippen molar-refractivity contribution in [2.75, 3.05) is 11.9 Å². The van der Waals surface area contributed by atoms with Gasteiger partial charge in [0.2, 0.25) is 5.91 Å². The Morgan fingerprint density at radius 1 is 1.11 bits per heavy atom. The Labute approximate surface area is 111 Å². The molecule has 96 valence electrons. The molecule has 0 aliphatic carbocycles. The third kappa shape index (κ3) is 1.96. The largest absolute Gasteiger partial charge is 0.457 e. The molecule has 1 atom stereocenters. The summed E-state index contributed by atoms with van der Waals surface area (Å²) in [7, 11) is 1.73. The number of hydrogen-bond donors (Lipinski definition) is 1. The van der Waals surface area contributed by atoms with Gasteiger partial charge < -0.3 is 15.4 Å². The fourth-order valence-corrected chi connectivity index (χ4v) is 2.24. The smallest absolute Gasteiger partial charge is 0.248 e. The summed E-state index contributed by atoms with van der Waals surface area (Å²) in [6.45, 7) is 0. The molecule has 2 N–H and O–H groups in total. The molecule has 3 rings (SSSR count). The van der Waals surface area contributed by atoms with Crippen molar-refractivity contribution in [2.45, 2.75) is 6.04 Å². The van der Waals surface area contributed by atoms with E-state index in [0.29, 0.717) is 5.75 Å². The molecular weight excluding hydrogens is 240 g/mol. The van der Waals surface area contributed by atoms with E-state index in [0.717, 1.165) is 17.0 Å². The fourth-order valence-electron chi connectivity index (χ4n) is 2.24. The molecule has 0 radical (unpaired) electrons. The molecule has 2 aromatic rings. The molecule has 0 bridgehead atoms. The molecule has 0 saturated heterocycles. The Bertz CT molecular complexity index is 625. The molecule has 4 heteroatoms. The highest BCUT2D eigenvalue weighted by Gasteiger charge is 2.32. The second kappa shape index (κ2) is 4.40. The molecule has 0 fully saturated rings. The Hall–Kier alpha value is -2.33. The normalized spacial score (nSPS) is 17.5. The van der Waals surface area contributed by atoms with Gasteiger partial charge in [-0.15, -0.1) is 0 Å². The van der Waals surface area contributed by atoms with Crippen LogP contribution in [0.15, 0.2) is 48.5 Å². The highest BCUT2D eigenvalue weighted by molar-refractivity contribution is 6.04. The first-order valence-electron chi connectivity index (χ1n) is 6.07. The first-order chi connectivity index (χ1) is 9.16. The van der Waals surface area contributed by atoms with Gasteiger partial charge in [0.1, 0.15) is 17.5 Å². The average Bonchev–Trinajstić information content (AvgIpc) is 2.65. The zero-order valence-corrected chi connectivity index (χ0v) is 10.5. The van der Waals surface area contributed by atoms with Crippen LogP contribution in [-0.2, 0) is 4.79 Å². The third-order valence-electron chi connectivity index (χ3n) is 3.27. The van der Waals surface area contributed by atoms with Crippen LogP contribution in [0, 0.1) is 0 Å². The van der Waals surface area contributed by atoms with Gasteiger partial charge in [-0.1, -0.05) is 18.2 Å². The number of rotatable bonds is 2. The van der Waals surface area contributed by atoms with E-state index >= 15 is 0 Å². The summed E-state index contributed by atoms with van der Waals surface area (Å²) in [6.07, 6.45) is 0. The SMILES string of the molecule is CN1C(=O)C(N)c2cc(Oc3ccccc3)ccc21. The summed E-state index contributed by atoms with van der Waals surface area (Å²) in [6, 6.07) is 14.4. The third-order valence-corrected chi connectivity index (χ3v) is 3.27. The summed E-state index contributed by atoms with van der Waals surface area (Å²) in [5, 5.41) is 0. The quantitative estimate of drug-likeness (QED) is 0.895. The van der Waals surface area contributed by atoms with Gasteiger partial charge in [0, 0.05) is 18.3 Å². The molecule has 1 heterocycles. The molecule has 19 heavy (non-hydrogen) atoms. The van der Waals surface area contributed by atoms with Crippen molar-refractivity contribution >= 4 is 11.6 Å². The summed E-state index contributed by atoms with van der Waals surface area (Å²) < 4.78 is 5.74. The van der Waals surface area contributed by atoms with E-state index in [2.05, 4.69) is 0 Å². The number of para-hydroxylation sites is 1. The van der Waals surface area contributed by atoms with E-state index in [9.17, 15) is 4.79 Å². The number of anilines is 1. The molecule has 1 unspecified atom stereocenters. The van der Waals surface area contributed by atoms with Crippen LogP contribution >= 0.6 is 0 Å². The predicted molar refractivity (Wildman–Crippen MR) is 73.3 cm³/mol. The van der Waals surface area contributed by atoms with E-state index in [1.165, 1.54) is 0 Å². The fraction of sp³-hybridized carbons (Fsp3) is 0.133. The number of nitrogens with two attached hydrogens (primary N) is 1. The Morgan fingerprint density at radius 3 is 2.58 bits per heavy atom. The molecule has 2 aromatic carbocycles. The number of nitrogens with zero attached hydrogens (tertiary/aromatic N) is 1. The second-order valence-corrected chi connectivity index (χ2v) is 4.51. The van der Waals surface area contributed by atoms with Gasteiger partial charge in [-0.3, -0.25) is 4.79 Å². The summed E-state index contributed by atoms with van der Waals surface area (Å²) in [4.78, 5) is 13.4. The van der Waals surface area contributed by atoms with Crippen LogP contribution in [0.3, 0.4) is 0 Å². The maximum atomic E-state index is 11.8. The maximum Gasteiger partial charge on any atom is 0.248 e. The Morgan fingerprint density at radius 2 is 1.84 bits per heavy atom. The van der Waals surface area contributed by atoms with Crippen LogP contribution in [0.5, 0.6) is 11.5 Å². The number of amides is 1. The van der Waals surface area contributed by atoms with Gasteiger partial charge >= 0.3 is 0 Å². The first kappa shape index (κ1) is 11.7. The molecule has 1 aliphatic rings. The predicted octanol–water partition coefficient (Wildman–Crippen LogP) is 2.46.